The maximum atomic E-state index is 5.96. The molecule has 21 heavy (non-hydrogen) atoms. The summed E-state index contributed by atoms with van der Waals surface area (Å²) in [7, 11) is 0. The van der Waals surface area contributed by atoms with Gasteiger partial charge in [-0.1, -0.05) is 6.92 Å². The second-order valence-electron chi connectivity index (χ2n) is 5.86. The molecule has 2 aromatic rings. The molecule has 0 amide bonds. The molecular weight excluding hydrogens is 284 g/mol. The van der Waals surface area contributed by atoms with Crippen molar-refractivity contribution in [3.63, 3.8) is 0 Å². The SMILES string of the molecule is CCN1CCCC1Cn1c(CCCl)nc2cc(C)cnc21. The van der Waals surface area contributed by atoms with Gasteiger partial charge in [0.1, 0.15) is 11.3 Å². The number of rotatable bonds is 5. The van der Waals surface area contributed by atoms with Gasteiger partial charge in [0.15, 0.2) is 5.65 Å². The van der Waals surface area contributed by atoms with Crippen LogP contribution in [-0.4, -0.2) is 44.4 Å². The van der Waals surface area contributed by atoms with Crippen molar-refractivity contribution in [2.45, 2.75) is 45.7 Å². The monoisotopic (exact) mass is 306 g/mol. The highest BCUT2D eigenvalue weighted by atomic mass is 35.5. The van der Waals surface area contributed by atoms with Crippen molar-refractivity contribution in [2.24, 2.45) is 0 Å². The van der Waals surface area contributed by atoms with Gasteiger partial charge in [0.25, 0.3) is 0 Å². The van der Waals surface area contributed by atoms with Crippen LogP contribution in [0.1, 0.15) is 31.2 Å². The summed E-state index contributed by atoms with van der Waals surface area (Å²) in [6, 6.07) is 2.72. The van der Waals surface area contributed by atoms with Crippen LogP contribution in [0.15, 0.2) is 12.3 Å². The summed E-state index contributed by atoms with van der Waals surface area (Å²) in [6.07, 6.45) is 5.29. The van der Waals surface area contributed by atoms with Crippen molar-refractivity contribution < 1.29 is 0 Å². The first kappa shape index (κ1) is 14.8. The third-order valence-electron chi connectivity index (χ3n) is 4.42. The van der Waals surface area contributed by atoms with Gasteiger partial charge in [-0.25, -0.2) is 9.97 Å². The Morgan fingerprint density at radius 1 is 1.43 bits per heavy atom. The summed E-state index contributed by atoms with van der Waals surface area (Å²) in [6.45, 7) is 7.61. The van der Waals surface area contributed by atoms with E-state index in [9.17, 15) is 0 Å². The molecule has 3 rings (SSSR count). The molecule has 5 heteroatoms. The summed E-state index contributed by atoms with van der Waals surface area (Å²) >= 11 is 5.96. The molecule has 0 radical (unpaired) electrons. The summed E-state index contributed by atoms with van der Waals surface area (Å²) in [5.74, 6) is 1.67. The summed E-state index contributed by atoms with van der Waals surface area (Å²) in [5, 5.41) is 0. The van der Waals surface area contributed by atoms with Crippen molar-refractivity contribution in [3.8, 4) is 0 Å². The predicted octanol–water partition coefficient (Wildman–Crippen LogP) is 3.01. The van der Waals surface area contributed by atoms with Gasteiger partial charge in [0.05, 0.1) is 0 Å². The van der Waals surface area contributed by atoms with E-state index >= 15 is 0 Å². The van der Waals surface area contributed by atoms with E-state index in [-0.39, 0.29) is 0 Å². The molecule has 4 nitrogen and oxygen atoms in total. The van der Waals surface area contributed by atoms with Crippen LogP contribution in [0.4, 0.5) is 0 Å². The molecule has 1 fully saturated rings. The normalized spacial score (nSPS) is 19.7. The molecule has 0 bridgehead atoms. The number of pyridine rings is 1. The average Bonchev–Trinajstić information content (AvgIpc) is 3.04. The highest BCUT2D eigenvalue weighted by Gasteiger charge is 2.25. The number of fused-ring (bicyclic) bond motifs is 1. The van der Waals surface area contributed by atoms with Gasteiger partial charge < -0.3 is 4.57 Å². The topological polar surface area (TPSA) is 34.0 Å². The Kier molecular flexibility index (Phi) is 4.45. The van der Waals surface area contributed by atoms with E-state index in [0.29, 0.717) is 11.9 Å². The van der Waals surface area contributed by atoms with E-state index in [1.54, 1.807) is 0 Å². The highest BCUT2D eigenvalue weighted by molar-refractivity contribution is 6.17. The molecular formula is C16H23ClN4. The summed E-state index contributed by atoms with van der Waals surface area (Å²) in [4.78, 5) is 11.9. The molecule has 0 aromatic carbocycles. The van der Waals surface area contributed by atoms with E-state index in [1.807, 2.05) is 6.20 Å². The maximum Gasteiger partial charge on any atom is 0.160 e. The Hall–Kier alpha value is -1.13. The molecule has 1 aliphatic heterocycles. The summed E-state index contributed by atoms with van der Waals surface area (Å²) in [5.41, 5.74) is 3.15. The lowest BCUT2D eigenvalue weighted by Crippen LogP contribution is -2.33. The molecule has 0 saturated carbocycles. The van der Waals surface area contributed by atoms with Gasteiger partial charge in [-0.2, -0.15) is 0 Å². The number of aryl methyl sites for hydroxylation is 2. The molecule has 0 N–H and O–H groups in total. The molecule has 1 aliphatic rings. The number of likely N-dealkylation sites (tertiary alicyclic amines) is 1. The fourth-order valence-corrected chi connectivity index (χ4v) is 3.52. The van der Waals surface area contributed by atoms with Crippen molar-refractivity contribution in [3.05, 3.63) is 23.7 Å². The fraction of sp³-hybridized carbons (Fsp3) is 0.625. The number of hydrogen-bond donors (Lipinski definition) is 0. The van der Waals surface area contributed by atoms with Crippen LogP contribution >= 0.6 is 11.6 Å². The molecule has 1 unspecified atom stereocenters. The Balaban J connectivity index is 1.96. The van der Waals surface area contributed by atoms with Crippen molar-refractivity contribution in [2.75, 3.05) is 19.0 Å². The van der Waals surface area contributed by atoms with Crippen molar-refractivity contribution >= 4 is 22.8 Å². The van der Waals surface area contributed by atoms with Gasteiger partial charge in [-0.3, -0.25) is 4.90 Å². The first-order valence-corrected chi connectivity index (χ1v) is 8.38. The van der Waals surface area contributed by atoms with Crippen LogP contribution in [0.3, 0.4) is 0 Å². The smallest absolute Gasteiger partial charge is 0.160 e. The number of halogens is 1. The Bertz CT molecular complexity index is 622. The number of alkyl halides is 1. The van der Waals surface area contributed by atoms with Crippen LogP contribution in [0, 0.1) is 6.92 Å². The zero-order valence-corrected chi connectivity index (χ0v) is 13.6. The summed E-state index contributed by atoms with van der Waals surface area (Å²) < 4.78 is 2.29. The Morgan fingerprint density at radius 2 is 2.29 bits per heavy atom. The van der Waals surface area contributed by atoms with E-state index in [1.165, 1.54) is 19.4 Å². The van der Waals surface area contributed by atoms with Crippen LogP contribution in [0.5, 0.6) is 0 Å². The van der Waals surface area contributed by atoms with E-state index in [0.717, 1.165) is 42.1 Å². The second-order valence-corrected chi connectivity index (χ2v) is 6.24. The average molecular weight is 307 g/mol. The minimum absolute atomic E-state index is 0.601. The number of nitrogens with zero attached hydrogens (tertiary/aromatic N) is 4. The van der Waals surface area contributed by atoms with E-state index < -0.39 is 0 Å². The lowest BCUT2D eigenvalue weighted by atomic mass is 10.2. The molecule has 0 aliphatic carbocycles. The van der Waals surface area contributed by atoms with Crippen LogP contribution < -0.4 is 0 Å². The lowest BCUT2D eigenvalue weighted by molar-refractivity contribution is 0.244. The quantitative estimate of drug-likeness (QED) is 0.796. The maximum absolute atomic E-state index is 5.96. The molecule has 0 spiro atoms. The first-order chi connectivity index (χ1) is 10.2. The Morgan fingerprint density at radius 3 is 3.05 bits per heavy atom. The molecule has 3 heterocycles. The van der Waals surface area contributed by atoms with Crippen molar-refractivity contribution in [1.82, 2.24) is 19.4 Å². The first-order valence-electron chi connectivity index (χ1n) is 7.84. The minimum atomic E-state index is 0.601. The number of imidazole rings is 1. The standard InChI is InChI=1S/C16H23ClN4/c1-3-20-8-4-5-13(20)11-21-15(6-7-17)19-14-9-12(2)10-18-16(14)21/h9-10,13H,3-8,11H2,1-2H3. The third kappa shape index (κ3) is 2.92. The zero-order valence-electron chi connectivity index (χ0n) is 12.8. The fourth-order valence-electron chi connectivity index (χ4n) is 3.35. The van der Waals surface area contributed by atoms with Crippen LogP contribution in [0.25, 0.3) is 11.2 Å². The highest BCUT2D eigenvalue weighted by Crippen LogP contribution is 2.22. The van der Waals surface area contributed by atoms with Crippen LogP contribution in [0.2, 0.25) is 0 Å². The minimum Gasteiger partial charge on any atom is -0.311 e. The predicted molar refractivity (Wildman–Crippen MR) is 87.0 cm³/mol. The zero-order chi connectivity index (χ0) is 14.8. The van der Waals surface area contributed by atoms with Crippen molar-refractivity contribution in [1.29, 1.82) is 0 Å². The number of hydrogen-bond acceptors (Lipinski definition) is 3. The third-order valence-corrected chi connectivity index (χ3v) is 4.61. The van der Waals surface area contributed by atoms with Gasteiger partial charge >= 0.3 is 0 Å². The lowest BCUT2D eigenvalue weighted by Gasteiger charge is -2.24. The van der Waals surface area contributed by atoms with Gasteiger partial charge in [-0.15, -0.1) is 11.6 Å². The van der Waals surface area contributed by atoms with E-state index in [4.69, 9.17) is 16.6 Å². The molecule has 2 aromatic heterocycles. The second kappa shape index (κ2) is 6.32. The largest absolute Gasteiger partial charge is 0.311 e. The number of aromatic nitrogens is 3. The van der Waals surface area contributed by atoms with Gasteiger partial charge in [-0.05, 0) is 44.5 Å². The van der Waals surface area contributed by atoms with Gasteiger partial charge in [0, 0.05) is 31.1 Å². The molecule has 1 atom stereocenters. The molecule has 1 saturated heterocycles. The van der Waals surface area contributed by atoms with Crippen LogP contribution in [-0.2, 0) is 13.0 Å². The van der Waals surface area contributed by atoms with E-state index in [2.05, 4.69) is 34.4 Å². The molecule has 114 valence electrons. The van der Waals surface area contributed by atoms with Gasteiger partial charge in [0.2, 0.25) is 0 Å². The Labute approximate surface area is 131 Å². The number of likely N-dealkylation sites (N-methyl/N-ethyl adjacent to an activating group) is 1.